The lowest BCUT2D eigenvalue weighted by molar-refractivity contribution is 0.189. The molecule has 1 saturated carbocycles. The third-order valence-corrected chi connectivity index (χ3v) is 4.75. The standard InChI is InChI=1S/C12H20N2OS/c1-8-11(10(15)7-13)16-12(14-8)9-5-3-2-4-6-9/h9-10,15H,2-7,13H2,1H3. The van der Waals surface area contributed by atoms with Crippen LogP contribution in [0.25, 0.3) is 0 Å². The van der Waals surface area contributed by atoms with Crippen LogP contribution in [0.1, 0.15) is 59.7 Å². The third-order valence-electron chi connectivity index (χ3n) is 3.33. The highest BCUT2D eigenvalue weighted by Gasteiger charge is 2.22. The first-order valence-corrected chi connectivity index (χ1v) is 6.89. The summed E-state index contributed by atoms with van der Waals surface area (Å²) in [4.78, 5) is 5.57. The van der Waals surface area contributed by atoms with Gasteiger partial charge in [-0.05, 0) is 19.8 Å². The molecule has 0 spiro atoms. The van der Waals surface area contributed by atoms with Crippen molar-refractivity contribution in [1.29, 1.82) is 0 Å². The fourth-order valence-corrected chi connectivity index (χ4v) is 3.61. The summed E-state index contributed by atoms with van der Waals surface area (Å²) in [5.41, 5.74) is 6.45. The number of hydrogen-bond donors (Lipinski definition) is 2. The molecular weight excluding hydrogens is 220 g/mol. The Bertz CT molecular complexity index is 345. The summed E-state index contributed by atoms with van der Waals surface area (Å²) in [6.07, 6.45) is 5.97. The van der Waals surface area contributed by atoms with Crippen LogP contribution in [0.4, 0.5) is 0 Å². The van der Waals surface area contributed by atoms with Gasteiger partial charge in [0, 0.05) is 12.5 Å². The van der Waals surface area contributed by atoms with Gasteiger partial charge in [-0.3, -0.25) is 0 Å². The van der Waals surface area contributed by atoms with Crippen LogP contribution in [-0.2, 0) is 0 Å². The number of aliphatic hydroxyl groups excluding tert-OH is 1. The van der Waals surface area contributed by atoms with Crippen molar-refractivity contribution in [2.75, 3.05) is 6.54 Å². The third kappa shape index (κ3) is 2.44. The first-order valence-electron chi connectivity index (χ1n) is 6.07. The van der Waals surface area contributed by atoms with Gasteiger partial charge < -0.3 is 10.8 Å². The molecule has 0 aromatic carbocycles. The number of nitrogens with two attached hydrogens (primary N) is 1. The van der Waals surface area contributed by atoms with Crippen molar-refractivity contribution < 1.29 is 5.11 Å². The van der Waals surface area contributed by atoms with Crippen molar-refractivity contribution in [3.63, 3.8) is 0 Å². The predicted molar refractivity (Wildman–Crippen MR) is 66.7 cm³/mol. The summed E-state index contributed by atoms with van der Waals surface area (Å²) in [6, 6.07) is 0. The molecule has 16 heavy (non-hydrogen) atoms. The molecule has 1 aromatic heterocycles. The molecule has 90 valence electrons. The summed E-state index contributed by atoms with van der Waals surface area (Å²) in [6.45, 7) is 2.25. The number of aromatic nitrogens is 1. The van der Waals surface area contributed by atoms with Crippen LogP contribution in [-0.4, -0.2) is 16.6 Å². The van der Waals surface area contributed by atoms with E-state index in [4.69, 9.17) is 5.73 Å². The lowest BCUT2D eigenvalue weighted by Gasteiger charge is -2.18. The average Bonchev–Trinajstić information content (AvgIpc) is 2.71. The van der Waals surface area contributed by atoms with E-state index in [1.807, 2.05) is 6.92 Å². The molecular formula is C12H20N2OS. The van der Waals surface area contributed by atoms with E-state index in [0.29, 0.717) is 5.92 Å². The van der Waals surface area contributed by atoms with E-state index >= 15 is 0 Å². The summed E-state index contributed by atoms with van der Waals surface area (Å²) in [5.74, 6) is 0.621. The minimum Gasteiger partial charge on any atom is -0.386 e. The fourth-order valence-electron chi connectivity index (χ4n) is 2.37. The second-order valence-corrected chi connectivity index (χ2v) is 5.65. The van der Waals surface area contributed by atoms with Gasteiger partial charge >= 0.3 is 0 Å². The summed E-state index contributed by atoms with van der Waals surface area (Å²) in [7, 11) is 0. The molecule has 0 radical (unpaired) electrons. The van der Waals surface area contributed by atoms with Crippen molar-refractivity contribution in [2.45, 2.75) is 51.0 Å². The van der Waals surface area contributed by atoms with Crippen LogP contribution >= 0.6 is 11.3 Å². The molecule has 3 nitrogen and oxygen atoms in total. The van der Waals surface area contributed by atoms with Crippen molar-refractivity contribution in [2.24, 2.45) is 5.73 Å². The predicted octanol–water partition coefficient (Wildman–Crippen LogP) is 2.49. The molecule has 4 heteroatoms. The van der Waals surface area contributed by atoms with Gasteiger partial charge in [0.2, 0.25) is 0 Å². The molecule has 1 fully saturated rings. The molecule has 2 rings (SSSR count). The van der Waals surface area contributed by atoms with Crippen LogP contribution in [0.5, 0.6) is 0 Å². The van der Waals surface area contributed by atoms with E-state index in [2.05, 4.69) is 4.98 Å². The molecule has 0 saturated heterocycles. The maximum absolute atomic E-state index is 9.77. The van der Waals surface area contributed by atoms with Crippen LogP contribution in [0.2, 0.25) is 0 Å². The second-order valence-electron chi connectivity index (χ2n) is 4.59. The Balaban J connectivity index is 2.16. The molecule has 1 aliphatic carbocycles. The Kier molecular flexibility index (Phi) is 3.95. The number of aryl methyl sites for hydroxylation is 1. The Morgan fingerprint density at radius 2 is 2.12 bits per heavy atom. The van der Waals surface area contributed by atoms with Crippen LogP contribution in [0.15, 0.2) is 0 Å². The van der Waals surface area contributed by atoms with Crippen molar-refractivity contribution >= 4 is 11.3 Å². The smallest absolute Gasteiger partial charge is 0.102 e. The van der Waals surface area contributed by atoms with Gasteiger partial charge in [0.25, 0.3) is 0 Å². The van der Waals surface area contributed by atoms with E-state index in [-0.39, 0.29) is 6.54 Å². The van der Waals surface area contributed by atoms with Crippen LogP contribution in [0.3, 0.4) is 0 Å². The first-order chi connectivity index (χ1) is 7.72. The minimum absolute atomic E-state index is 0.285. The molecule has 0 bridgehead atoms. The first kappa shape index (κ1) is 12.0. The molecule has 0 amide bonds. The van der Waals surface area contributed by atoms with Crippen molar-refractivity contribution in [3.05, 3.63) is 15.6 Å². The van der Waals surface area contributed by atoms with Crippen LogP contribution in [0, 0.1) is 6.92 Å². The zero-order valence-corrected chi connectivity index (χ0v) is 10.6. The SMILES string of the molecule is Cc1nc(C2CCCCC2)sc1C(O)CN. The summed E-state index contributed by atoms with van der Waals surface area (Å²) in [5, 5.41) is 11.0. The molecule has 1 aliphatic rings. The van der Waals surface area contributed by atoms with E-state index < -0.39 is 6.10 Å². The fraction of sp³-hybridized carbons (Fsp3) is 0.750. The lowest BCUT2D eigenvalue weighted by atomic mass is 9.90. The van der Waals surface area contributed by atoms with E-state index in [9.17, 15) is 5.11 Å². The largest absolute Gasteiger partial charge is 0.386 e. The Morgan fingerprint density at radius 1 is 1.44 bits per heavy atom. The zero-order valence-electron chi connectivity index (χ0n) is 9.78. The highest BCUT2D eigenvalue weighted by Crippen LogP contribution is 2.37. The maximum atomic E-state index is 9.77. The zero-order chi connectivity index (χ0) is 11.5. The molecule has 1 heterocycles. The number of nitrogens with zero attached hydrogens (tertiary/aromatic N) is 1. The highest BCUT2D eigenvalue weighted by molar-refractivity contribution is 7.11. The van der Waals surface area contributed by atoms with E-state index in [1.54, 1.807) is 11.3 Å². The lowest BCUT2D eigenvalue weighted by Crippen LogP contribution is -2.10. The van der Waals surface area contributed by atoms with Gasteiger partial charge in [-0.1, -0.05) is 19.3 Å². The molecule has 0 aliphatic heterocycles. The maximum Gasteiger partial charge on any atom is 0.102 e. The van der Waals surface area contributed by atoms with E-state index in [1.165, 1.54) is 37.1 Å². The van der Waals surface area contributed by atoms with Gasteiger partial charge in [0.05, 0.1) is 15.6 Å². The van der Waals surface area contributed by atoms with Crippen molar-refractivity contribution in [3.8, 4) is 0 Å². The molecule has 1 atom stereocenters. The van der Waals surface area contributed by atoms with Gasteiger partial charge in [-0.15, -0.1) is 11.3 Å². The highest BCUT2D eigenvalue weighted by atomic mass is 32.1. The molecule has 1 aromatic rings. The average molecular weight is 240 g/mol. The van der Waals surface area contributed by atoms with E-state index in [0.717, 1.165) is 10.6 Å². The Labute approximate surface area is 101 Å². The Hall–Kier alpha value is -0.450. The number of thiazole rings is 1. The monoisotopic (exact) mass is 240 g/mol. The molecule has 1 unspecified atom stereocenters. The van der Waals surface area contributed by atoms with Gasteiger partial charge in [-0.2, -0.15) is 0 Å². The number of rotatable bonds is 3. The van der Waals surface area contributed by atoms with Gasteiger partial charge in [0.1, 0.15) is 6.10 Å². The second kappa shape index (κ2) is 5.25. The van der Waals surface area contributed by atoms with Crippen molar-refractivity contribution in [1.82, 2.24) is 4.98 Å². The minimum atomic E-state index is -0.533. The topological polar surface area (TPSA) is 59.1 Å². The number of hydrogen-bond acceptors (Lipinski definition) is 4. The quantitative estimate of drug-likeness (QED) is 0.853. The van der Waals surface area contributed by atoms with Crippen LogP contribution < -0.4 is 5.73 Å². The summed E-state index contributed by atoms with van der Waals surface area (Å²) < 4.78 is 0. The summed E-state index contributed by atoms with van der Waals surface area (Å²) >= 11 is 1.66. The normalized spacial score (nSPS) is 19.9. The molecule has 3 N–H and O–H groups in total. The van der Waals surface area contributed by atoms with Gasteiger partial charge in [0.15, 0.2) is 0 Å². The van der Waals surface area contributed by atoms with Gasteiger partial charge in [-0.25, -0.2) is 4.98 Å². The Morgan fingerprint density at radius 3 is 2.75 bits per heavy atom. The number of aliphatic hydroxyl groups is 1.